The molecule has 1 aliphatic heterocycles. The first kappa shape index (κ1) is 27.7. The molecule has 4 rings (SSSR count). The second-order valence-corrected chi connectivity index (χ2v) is 10.8. The molecule has 1 aliphatic rings. The molecule has 38 heavy (non-hydrogen) atoms. The predicted octanol–water partition coefficient (Wildman–Crippen LogP) is 3.78. The van der Waals surface area contributed by atoms with Crippen molar-refractivity contribution >= 4 is 44.4 Å². The van der Waals surface area contributed by atoms with Gasteiger partial charge in [-0.3, -0.25) is 14.5 Å². The number of anilines is 1. The Balaban J connectivity index is 1.35. The molecule has 1 saturated heterocycles. The number of nitrogens with zero attached hydrogens (tertiary/aromatic N) is 2. The van der Waals surface area contributed by atoms with E-state index < -0.39 is 35.3 Å². The average Bonchev–Trinajstić information content (AvgIpc) is 3.53. The Morgan fingerprint density at radius 3 is 2.50 bits per heavy atom. The number of hydrogen-bond donors (Lipinski definition) is 4. The number of nitrogens with two attached hydrogens (primary N) is 1. The number of aromatic nitrogens is 1. The van der Waals surface area contributed by atoms with Crippen LogP contribution >= 0.6 is 11.3 Å². The number of Topliss-reactive ketones (excluding diaryl/α,β-unsaturated/α-hetero) is 1. The minimum Gasteiger partial charge on any atom is -0.480 e. The second kappa shape index (κ2) is 12.5. The zero-order valence-corrected chi connectivity index (χ0v) is 22.0. The Morgan fingerprint density at radius 1 is 1.05 bits per heavy atom. The van der Waals surface area contributed by atoms with Crippen LogP contribution in [0.3, 0.4) is 0 Å². The van der Waals surface area contributed by atoms with Crippen LogP contribution in [0.2, 0.25) is 0 Å². The first-order valence-electron chi connectivity index (χ1n) is 13.0. The maximum atomic E-state index is 13.5. The highest BCUT2D eigenvalue weighted by Crippen LogP contribution is 2.35. The normalized spacial score (nSPS) is 19.3. The van der Waals surface area contributed by atoms with Crippen molar-refractivity contribution in [1.29, 1.82) is 0 Å². The number of fused-ring (bicyclic) bond motifs is 1. The summed E-state index contributed by atoms with van der Waals surface area (Å²) in [6.45, 7) is 0.875. The second-order valence-electron chi connectivity index (χ2n) is 9.72. The third-order valence-electron chi connectivity index (χ3n) is 7.25. The molecule has 10 heteroatoms. The topological polar surface area (TPSA) is 146 Å². The number of benzene rings is 2. The summed E-state index contributed by atoms with van der Waals surface area (Å²) in [5.74, 6) is -3.05. The Bertz CT molecular complexity index is 1230. The summed E-state index contributed by atoms with van der Waals surface area (Å²) in [7, 11) is 0. The van der Waals surface area contributed by atoms with Gasteiger partial charge in [-0.05, 0) is 62.6 Å². The fourth-order valence-corrected chi connectivity index (χ4v) is 6.18. The first-order chi connectivity index (χ1) is 18.3. The molecule has 5 N–H and O–H groups in total. The van der Waals surface area contributed by atoms with Gasteiger partial charge in [-0.2, -0.15) is 0 Å². The summed E-state index contributed by atoms with van der Waals surface area (Å²) in [6, 6.07) is 15.2. The summed E-state index contributed by atoms with van der Waals surface area (Å²) in [5.41, 5.74) is 6.23. The van der Waals surface area contributed by atoms with Crippen molar-refractivity contribution in [3.63, 3.8) is 0 Å². The molecular weight excluding hydrogens is 504 g/mol. The Morgan fingerprint density at radius 2 is 1.79 bits per heavy atom. The number of rotatable bonds is 14. The van der Waals surface area contributed by atoms with E-state index in [4.69, 9.17) is 5.73 Å². The number of carboxylic acid groups (broad SMARTS) is 2. The van der Waals surface area contributed by atoms with Crippen LogP contribution in [0.5, 0.6) is 0 Å². The van der Waals surface area contributed by atoms with Gasteiger partial charge in [0.1, 0.15) is 6.04 Å². The summed E-state index contributed by atoms with van der Waals surface area (Å²) >= 11 is 1.57. The van der Waals surface area contributed by atoms with E-state index in [9.17, 15) is 24.6 Å². The molecule has 202 valence electrons. The van der Waals surface area contributed by atoms with E-state index in [1.807, 2.05) is 54.6 Å². The van der Waals surface area contributed by atoms with E-state index >= 15 is 0 Å². The van der Waals surface area contributed by atoms with Crippen LogP contribution in [-0.4, -0.2) is 68.5 Å². The van der Waals surface area contributed by atoms with Crippen LogP contribution in [0, 0.1) is 0 Å². The number of carbonyl (C=O) groups is 3. The molecule has 1 unspecified atom stereocenters. The Hall–Kier alpha value is -3.34. The van der Waals surface area contributed by atoms with E-state index in [1.165, 1.54) is 4.90 Å². The highest BCUT2D eigenvalue weighted by atomic mass is 32.1. The number of para-hydroxylation sites is 1. The molecular formula is C28H34N4O5S. The fourth-order valence-electron chi connectivity index (χ4n) is 5.29. The third-order valence-corrected chi connectivity index (χ3v) is 8.24. The molecule has 1 fully saturated rings. The number of unbranched alkanes of at least 4 members (excludes halogenated alkanes) is 1. The molecule has 3 atom stereocenters. The van der Waals surface area contributed by atoms with Gasteiger partial charge in [0.2, 0.25) is 0 Å². The van der Waals surface area contributed by atoms with Crippen LogP contribution in [0.25, 0.3) is 10.2 Å². The van der Waals surface area contributed by atoms with Crippen molar-refractivity contribution in [3.8, 4) is 0 Å². The number of nitrogens with one attached hydrogen (secondary N) is 1. The van der Waals surface area contributed by atoms with Crippen LogP contribution < -0.4 is 11.1 Å². The lowest BCUT2D eigenvalue weighted by atomic mass is 9.84. The standard InChI is InChI=1S/C28H34N4O5S/c29-20(11-6-7-17-30-27-31-21-12-4-5-13-23(21)38-27)24(33)28(26(36)37)16-8-18-32(28)22(25(34)35)15-14-19-9-2-1-3-10-19/h1-5,9-10,12-13,20,22H,6-8,11,14-18,29H2,(H,30,31)(H,34,35)(H,36,37)/t20-,22?,28+/m0/s1. The lowest BCUT2D eigenvalue weighted by Crippen LogP contribution is -2.64. The van der Waals surface area contributed by atoms with Crippen molar-refractivity contribution in [3.05, 3.63) is 60.2 Å². The van der Waals surface area contributed by atoms with Gasteiger partial charge in [0.25, 0.3) is 0 Å². The Kier molecular flexibility index (Phi) is 9.09. The van der Waals surface area contributed by atoms with Crippen molar-refractivity contribution in [2.24, 2.45) is 5.73 Å². The summed E-state index contributed by atoms with van der Waals surface area (Å²) in [5, 5.41) is 24.4. The van der Waals surface area contributed by atoms with Gasteiger partial charge in [-0.15, -0.1) is 0 Å². The summed E-state index contributed by atoms with van der Waals surface area (Å²) in [4.78, 5) is 44.3. The molecule has 0 aliphatic carbocycles. The lowest BCUT2D eigenvalue weighted by Gasteiger charge is -2.38. The highest BCUT2D eigenvalue weighted by molar-refractivity contribution is 7.22. The maximum absolute atomic E-state index is 13.5. The molecule has 3 aromatic rings. The number of aryl methyl sites for hydroxylation is 1. The first-order valence-corrected chi connectivity index (χ1v) is 13.8. The van der Waals surface area contributed by atoms with Gasteiger partial charge in [0.15, 0.2) is 16.5 Å². The molecule has 0 bridgehead atoms. The maximum Gasteiger partial charge on any atom is 0.332 e. The molecule has 9 nitrogen and oxygen atoms in total. The van der Waals surface area contributed by atoms with E-state index in [1.54, 1.807) is 11.3 Å². The largest absolute Gasteiger partial charge is 0.480 e. The molecule has 1 aromatic heterocycles. The van der Waals surface area contributed by atoms with Crippen molar-refractivity contribution < 1.29 is 24.6 Å². The number of ketones is 1. The minimum atomic E-state index is -1.92. The molecule has 2 aromatic carbocycles. The van der Waals surface area contributed by atoms with Crippen LogP contribution in [0.15, 0.2) is 54.6 Å². The van der Waals surface area contributed by atoms with Gasteiger partial charge in [0, 0.05) is 13.1 Å². The van der Waals surface area contributed by atoms with E-state index in [-0.39, 0.29) is 19.4 Å². The van der Waals surface area contributed by atoms with Gasteiger partial charge >= 0.3 is 11.9 Å². The van der Waals surface area contributed by atoms with Gasteiger partial charge in [-0.1, -0.05) is 53.8 Å². The van der Waals surface area contributed by atoms with Crippen LogP contribution in [0.4, 0.5) is 5.13 Å². The van der Waals surface area contributed by atoms with Gasteiger partial charge in [0.05, 0.1) is 16.3 Å². The zero-order chi connectivity index (χ0) is 27.1. The number of thiazole rings is 1. The number of hydrogen-bond acceptors (Lipinski definition) is 8. The molecule has 0 radical (unpaired) electrons. The third kappa shape index (κ3) is 6.03. The van der Waals surface area contributed by atoms with Gasteiger partial charge < -0.3 is 21.3 Å². The quantitative estimate of drug-likeness (QED) is 0.178. The number of carboxylic acids is 2. The number of likely N-dealkylation sites (tertiary alicyclic amines) is 1. The Labute approximate surface area is 225 Å². The molecule has 0 spiro atoms. The monoisotopic (exact) mass is 538 g/mol. The average molecular weight is 539 g/mol. The number of aliphatic carboxylic acids is 2. The van der Waals surface area contributed by atoms with E-state index in [0.29, 0.717) is 32.2 Å². The smallest absolute Gasteiger partial charge is 0.332 e. The number of carbonyl (C=O) groups excluding carboxylic acids is 1. The fraction of sp³-hybridized carbons (Fsp3) is 0.429. The van der Waals surface area contributed by atoms with Crippen molar-refractivity contribution in [1.82, 2.24) is 9.88 Å². The highest BCUT2D eigenvalue weighted by Gasteiger charge is 2.57. The SMILES string of the molecule is N[C@@H](CCCCNc1nc2ccccc2s1)C(=O)[C@@]1(C(=O)O)CCCN1C(CCc1ccccc1)C(=O)O. The van der Waals surface area contributed by atoms with Crippen molar-refractivity contribution in [2.45, 2.75) is 62.6 Å². The van der Waals surface area contributed by atoms with Crippen LogP contribution in [-0.2, 0) is 20.8 Å². The van der Waals surface area contributed by atoms with Crippen LogP contribution in [0.1, 0.15) is 44.1 Å². The molecule has 0 amide bonds. The summed E-state index contributed by atoms with van der Waals surface area (Å²) in [6.07, 6.45) is 2.83. The van der Waals surface area contributed by atoms with E-state index in [0.717, 1.165) is 27.3 Å². The summed E-state index contributed by atoms with van der Waals surface area (Å²) < 4.78 is 1.10. The van der Waals surface area contributed by atoms with Gasteiger partial charge in [-0.25, -0.2) is 9.78 Å². The molecule has 2 heterocycles. The van der Waals surface area contributed by atoms with E-state index in [2.05, 4.69) is 10.3 Å². The zero-order valence-electron chi connectivity index (χ0n) is 21.2. The molecule has 0 saturated carbocycles. The van der Waals surface area contributed by atoms with Crippen molar-refractivity contribution in [2.75, 3.05) is 18.4 Å². The minimum absolute atomic E-state index is 0.0587. The lowest BCUT2D eigenvalue weighted by molar-refractivity contribution is -0.161. The predicted molar refractivity (Wildman–Crippen MR) is 147 cm³/mol.